The van der Waals surface area contributed by atoms with E-state index in [1.165, 1.54) is 42.3 Å². The van der Waals surface area contributed by atoms with Crippen LogP contribution in [0.1, 0.15) is 16.1 Å². The molecule has 2 aromatic heterocycles. The highest BCUT2D eigenvalue weighted by Crippen LogP contribution is 2.32. The van der Waals surface area contributed by atoms with Gasteiger partial charge in [-0.15, -0.1) is 0 Å². The lowest BCUT2D eigenvalue weighted by Crippen LogP contribution is -2.25. The first-order chi connectivity index (χ1) is 19.2. The maximum Gasteiger partial charge on any atom is 0.284 e. The Morgan fingerprint density at radius 2 is 1.77 bits per heavy atom. The molecule has 0 saturated carbocycles. The molecular formula is C29H24F2N6O3. The molecule has 0 unspecified atom stereocenters. The zero-order valence-electron chi connectivity index (χ0n) is 21.8. The summed E-state index contributed by atoms with van der Waals surface area (Å²) in [7, 11) is 3.02. The van der Waals surface area contributed by atoms with E-state index in [1.54, 1.807) is 49.0 Å². The Labute approximate surface area is 227 Å². The molecule has 0 bridgehead atoms. The highest BCUT2D eigenvalue weighted by molar-refractivity contribution is 6.05. The van der Waals surface area contributed by atoms with Gasteiger partial charge in [0.05, 0.1) is 30.4 Å². The number of aromatic nitrogens is 4. The average Bonchev–Trinajstić information content (AvgIpc) is 3.17. The molecule has 202 valence electrons. The first-order valence-electron chi connectivity index (χ1n) is 12.1. The van der Waals surface area contributed by atoms with Gasteiger partial charge in [0.25, 0.3) is 11.5 Å². The number of methoxy groups -OCH3 is 1. The van der Waals surface area contributed by atoms with Gasteiger partial charge in [0.2, 0.25) is 0 Å². The van der Waals surface area contributed by atoms with Crippen LogP contribution in [0, 0.1) is 18.6 Å². The van der Waals surface area contributed by atoms with Crippen LogP contribution in [-0.4, -0.2) is 32.3 Å². The zero-order valence-corrected chi connectivity index (χ0v) is 21.8. The number of ether oxygens (including phenoxy) is 1. The minimum Gasteiger partial charge on any atom is -0.494 e. The van der Waals surface area contributed by atoms with Crippen molar-refractivity contribution in [2.45, 2.75) is 6.92 Å². The summed E-state index contributed by atoms with van der Waals surface area (Å²) < 4.78 is 38.1. The van der Waals surface area contributed by atoms with E-state index in [0.29, 0.717) is 11.4 Å². The number of nitrogens with two attached hydrogens (primary N) is 1. The second-order valence-corrected chi connectivity index (χ2v) is 8.90. The van der Waals surface area contributed by atoms with E-state index in [9.17, 15) is 14.0 Å². The topological polar surface area (TPSA) is 117 Å². The molecule has 0 aliphatic carbocycles. The predicted octanol–water partition coefficient (Wildman–Crippen LogP) is 4.73. The van der Waals surface area contributed by atoms with E-state index in [4.69, 9.17) is 10.5 Å². The van der Waals surface area contributed by atoms with Crippen LogP contribution in [0.3, 0.4) is 0 Å². The van der Waals surface area contributed by atoms with Gasteiger partial charge in [-0.05, 0) is 49.4 Å². The molecule has 3 N–H and O–H groups in total. The Kier molecular flexibility index (Phi) is 6.87. The van der Waals surface area contributed by atoms with Crippen LogP contribution in [0.15, 0.2) is 77.7 Å². The molecule has 5 aromatic rings. The number of nitrogens with zero attached hydrogens (tertiary/aromatic N) is 4. The highest BCUT2D eigenvalue weighted by atomic mass is 19.1. The lowest BCUT2D eigenvalue weighted by atomic mass is 10.1. The second kappa shape index (κ2) is 10.4. The molecule has 1 amide bonds. The molecule has 0 saturated heterocycles. The zero-order chi connectivity index (χ0) is 28.6. The molecule has 0 fully saturated rings. The molecule has 40 heavy (non-hydrogen) atoms. The molecule has 9 nitrogen and oxygen atoms in total. The van der Waals surface area contributed by atoms with Crippen molar-refractivity contribution in [1.82, 2.24) is 19.3 Å². The van der Waals surface area contributed by atoms with E-state index in [0.717, 1.165) is 6.07 Å². The first-order valence-corrected chi connectivity index (χ1v) is 12.1. The van der Waals surface area contributed by atoms with E-state index in [1.807, 2.05) is 6.07 Å². The Balaban J connectivity index is 1.46. The van der Waals surface area contributed by atoms with Gasteiger partial charge in [0.1, 0.15) is 22.9 Å². The third-order valence-electron chi connectivity index (χ3n) is 6.52. The van der Waals surface area contributed by atoms with Crippen LogP contribution in [-0.2, 0) is 7.05 Å². The van der Waals surface area contributed by atoms with Gasteiger partial charge in [0, 0.05) is 23.9 Å². The summed E-state index contributed by atoms with van der Waals surface area (Å²) in [6.07, 6.45) is 1.29. The number of amides is 1. The molecule has 3 aromatic carbocycles. The highest BCUT2D eigenvalue weighted by Gasteiger charge is 2.23. The maximum atomic E-state index is 15.3. The van der Waals surface area contributed by atoms with Crippen molar-refractivity contribution < 1.29 is 18.3 Å². The average molecular weight is 543 g/mol. The van der Waals surface area contributed by atoms with Crippen molar-refractivity contribution in [3.63, 3.8) is 0 Å². The van der Waals surface area contributed by atoms with Gasteiger partial charge in [-0.2, -0.15) is 0 Å². The summed E-state index contributed by atoms with van der Waals surface area (Å²) >= 11 is 0. The van der Waals surface area contributed by atoms with Crippen molar-refractivity contribution in [2.24, 2.45) is 7.05 Å². The number of anilines is 2. The fourth-order valence-corrected chi connectivity index (χ4v) is 4.40. The van der Waals surface area contributed by atoms with Crippen molar-refractivity contribution in [2.75, 3.05) is 18.2 Å². The fraction of sp³-hybridized carbons (Fsp3) is 0.103. The summed E-state index contributed by atoms with van der Waals surface area (Å²) in [5.74, 6) is -2.13. The van der Waals surface area contributed by atoms with E-state index in [2.05, 4.69) is 15.3 Å². The van der Waals surface area contributed by atoms with Gasteiger partial charge in [-0.25, -0.2) is 23.4 Å². The summed E-state index contributed by atoms with van der Waals surface area (Å²) in [5, 5.41) is 2.59. The Morgan fingerprint density at radius 1 is 1.02 bits per heavy atom. The van der Waals surface area contributed by atoms with E-state index in [-0.39, 0.29) is 45.3 Å². The number of nitrogen functional groups attached to an aromatic ring is 1. The molecule has 0 spiro atoms. The number of carbonyl (C=O) groups is 1. The minimum absolute atomic E-state index is 0.000234. The van der Waals surface area contributed by atoms with Gasteiger partial charge in [0.15, 0.2) is 11.6 Å². The molecule has 0 aliphatic heterocycles. The third kappa shape index (κ3) is 4.57. The SMILES string of the molecule is COc1cccc(-c2cnc(N)c(-c3ccc(NC(=O)c4c(C)n(C)n(-c5ccccc5)c4=O)cc3F)n2)c1F. The standard InChI is InChI=1S/C29H24F2N6O3/c1-16-24(29(39)37(36(16)2)18-8-5-4-6-9-18)28(38)34-17-12-13-19(21(30)14-17)26-27(32)33-15-22(35-26)20-10-7-11-23(40-3)25(20)31/h4-15H,1-3H3,(H2,32,33)(H,34,38). The Hall–Kier alpha value is -5.32. The van der Waals surface area contributed by atoms with Gasteiger partial charge in [-0.3, -0.25) is 14.3 Å². The van der Waals surface area contributed by atoms with Crippen LogP contribution in [0.25, 0.3) is 28.2 Å². The molecule has 0 radical (unpaired) electrons. The maximum absolute atomic E-state index is 15.3. The van der Waals surface area contributed by atoms with Crippen LogP contribution < -0.4 is 21.3 Å². The fourth-order valence-electron chi connectivity index (χ4n) is 4.40. The smallest absolute Gasteiger partial charge is 0.284 e. The van der Waals surface area contributed by atoms with Crippen LogP contribution in [0.4, 0.5) is 20.3 Å². The van der Waals surface area contributed by atoms with E-state index >= 15 is 4.39 Å². The summed E-state index contributed by atoms with van der Waals surface area (Å²) in [6, 6.07) is 17.4. The lowest BCUT2D eigenvalue weighted by Gasteiger charge is -2.11. The predicted molar refractivity (Wildman–Crippen MR) is 147 cm³/mol. The Morgan fingerprint density at radius 3 is 2.48 bits per heavy atom. The summed E-state index contributed by atoms with van der Waals surface area (Å²) in [5.41, 5.74) is 6.79. The normalized spacial score (nSPS) is 10.9. The number of benzene rings is 3. The first kappa shape index (κ1) is 26.3. The third-order valence-corrected chi connectivity index (χ3v) is 6.52. The van der Waals surface area contributed by atoms with Crippen LogP contribution in [0.2, 0.25) is 0 Å². The summed E-state index contributed by atoms with van der Waals surface area (Å²) in [6.45, 7) is 1.65. The number of hydrogen-bond donors (Lipinski definition) is 2. The van der Waals surface area contributed by atoms with Crippen molar-refractivity contribution >= 4 is 17.4 Å². The molecular weight excluding hydrogens is 518 g/mol. The van der Waals surface area contributed by atoms with Gasteiger partial charge < -0.3 is 15.8 Å². The van der Waals surface area contributed by atoms with Crippen molar-refractivity contribution in [3.05, 3.63) is 106 Å². The number of nitrogens with one attached hydrogen (secondary N) is 1. The lowest BCUT2D eigenvalue weighted by molar-refractivity contribution is 0.102. The van der Waals surface area contributed by atoms with Crippen LogP contribution >= 0.6 is 0 Å². The number of hydrogen-bond acceptors (Lipinski definition) is 6. The number of rotatable bonds is 6. The molecule has 11 heteroatoms. The molecule has 0 aliphatic rings. The van der Waals surface area contributed by atoms with Crippen molar-refractivity contribution in [1.29, 1.82) is 0 Å². The van der Waals surface area contributed by atoms with Gasteiger partial charge >= 0.3 is 0 Å². The monoisotopic (exact) mass is 542 g/mol. The molecule has 2 heterocycles. The molecule has 5 rings (SSSR count). The Bertz CT molecular complexity index is 1820. The number of halogens is 2. The van der Waals surface area contributed by atoms with Gasteiger partial charge in [-0.1, -0.05) is 24.3 Å². The van der Waals surface area contributed by atoms with Crippen LogP contribution in [0.5, 0.6) is 5.75 Å². The largest absolute Gasteiger partial charge is 0.494 e. The minimum atomic E-state index is -0.756. The number of para-hydroxylation sites is 1. The molecule has 0 atom stereocenters. The van der Waals surface area contributed by atoms with Crippen molar-refractivity contribution in [3.8, 4) is 34.0 Å². The number of carbonyl (C=O) groups excluding carboxylic acids is 1. The summed E-state index contributed by atoms with van der Waals surface area (Å²) in [4.78, 5) is 34.7. The second-order valence-electron chi connectivity index (χ2n) is 8.90. The van der Waals surface area contributed by atoms with E-state index < -0.39 is 23.1 Å². The quantitative estimate of drug-likeness (QED) is 0.320.